The van der Waals surface area contributed by atoms with Crippen LogP contribution in [0, 0.1) is 0 Å². The second kappa shape index (κ2) is 6.67. The molecule has 0 aliphatic rings. The van der Waals surface area contributed by atoms with Crippen LogP contribution in [0.5, 0.6) is 0 Å². The molecule has 0 saturated carbocycles. The van der Waals surface area contributed by atoms with Crippen LogP contribution in [0.2, 0.25) is 0 Å². The van der Waals surface area contributed by atoms with Crippen molar-refractivity contribution in [2.45, 2.75) is 4.90 Å². The molecule has 0 fully saturated rings. The number of rotatable bonds is 7. The summed E-state index contributed by atoms with van der Waals surface area (Å²) in [7, 11) is -1.79. The zero-order valence-corrected chi connectivity index (χ0v) is 11.4. The maximum absolute atomic E-state index is 11.7. The fourth-order valence-electron chi connectivity index (χ4n) is 1.55. The SMILES string of the molecule is COCCN(CCO)c1ncccc1S(C)(=O)=O. The van der Waals surface area contributed by atoms with E-state index in [1.165, 1.54) is 12.3 Å². The molecular weight excluding hydrogens is 256 g/mol. The first kappa shape index (κ1) is 14.9. The first-order valence-electron chi connectivity index (χ1n) is 5.50. The van der Waals surface area contributed by atoms with Gasteiger partial charge in [0.25, 0.3) is 0 Å². The van der Waals surface area contributed by atoms with E-state index in [1.54, 1.807) is 18.1 Å². The molecule has 1 rings (SSSR count). The summed E-state index contributed by atoms with van der Waals surface area (Å²) in [6, 6.07) is 3.09. The first-order chi connectivity index (χ1) is 8.50. The third-order valence-corrected chi connectivity index (χ3v) is 3.50. The van der Waals surface area contributed by atoms with Crippen molar-refractivity contribution in [3.8, 4) is 0 Å². The Hall–Kier alpha value is -1.18. The molecule has 102 valence electrons. The van der Waals surface area contributed by atoms with E-state index in [2.05, 4.69) is 4.98 Å². The summed E-state index contributed by atoms with van der Waals surface area (Å²) < 4.78 is 28.3. The maximum Gasteiger partial charge on any atom is 0.179 e. The van der Waals surface area contributed by atoms with Gasteiger partial charge in [-0.3, -0.25) is 0 Å². The smallest absolute Gasteiger partial charge is 0.179 e. The van der Waals surface area contributed by atoms with Gasteiger partial charge in [0.15, 0.2) is 9.84 Å². The van der Waals surface area contributed by atoms with Crippen molar-refractivity contribution in [3.05, 3.63) is 18.3 Å². The number of aliphatic hydroxyl groups is 1. The summed E-state index contributed by atoms with van der Waals surface area (Å²) in [5.41, 5.74) is 0. The second-order valence-electron chi connectivity index (χ2n) is 3.80. The molecule has 18 heavy (non-hydrogen) atoms. The van der Waals surface area contributed by atoms with Crippen LogP contribution >= 0.6 is 0 Å². The second-order valence-corrected chi connectivity index (χ2v) is 5.78. The highest BCUT2D eigenvalue weighted by Crippen LogP contribution is 2.21. The molecule has 1 aromatic rings. The fourth-order valence-corrected chi connectivity index (χ4v) is 2.39. The Kier molecular flexibility index (Phi) is 5.52. The van der Waals surface area contributed by atoms with E-state index >= 15 is 0 Å². The summed E-state index contributed by atoms with van der Waals surface area (Å²) >= 11 is 0. The van der Waals surface area contributed by atoms with Crippen LogP contribution in [-0.2, 0) is 14.6 Å². The molecule has 0 amide bonds. The van der Waals surface area contributed by atoms with Crippen molar-refractivity contribution in [1.29, 1.82) is 0 Å². The van der Waals surface area contributed by atoms with E-state index in [4.69, 9.17) is 9.84 Å². The van der Waals surface area contributed by atoms with Gasteiger partial charge in [-0.2, -0.15) is 0 Å². The van der Waals surface area contributed by atoms with Crippen molar-refractivity contribution in [2.75, 3.05) is 44.6 Å². The van der Waals surface area contributed by atoms with E-state index in [9.17, 15) is 8.42 Å². The Labute approximate surface area is 107 Å². The highest BCUT2D eigenvalue weighted by atomic mass is 32.2. The number of ether oxygens (including phenoxy) is 1. The summed E-state index contributed by atoms with van der Waals surface area (Å²) in [5, 5.41) is 9.03. The minimum absolute atomic E-state index is 0.0799. The van der Waals surface area contributed by atoms with Crippen LogP contribution in [0.1, 0.15) is 0 Å². The van der Waals surface area contributed by atoms with Gasteiger partial charge in [-0.05, 0) is 12.1 Å². The van der Waals surface area contributed by atoms with E-state index in [0.29, 0.717) is 25.5 Å². The number of sulfone groups is 1. The molecule has 1 heterocycles. The van der Waals surface area contributed by atoms with E-state index in [-0.39, 0.29) is 11.5 Å². The van der Waals surface area contributed by atoms with Crippen LogP contribution < -0.4 is 4.90 Å². The number of aromatic nitrogens is 1. The Balaban J connectivity index is 3.11. The molecule has 0 atom stereocenters. The average molecular weight is 274 g/mol. The molecule has 0 bridgehead atoms. The monoisotopic (exact) mass is 274 g/mol. The molecule has 0 spiro atoms. The minimum atomic E-state index is -3.35. The van der Waals surface area contributed by atoms with Crippen LogP contribution in [0.4, 0.5) is 5.82 Å². The fraction of sp³-hybridized carbons (Fsp3) is 0.545. The zero-order valence-electron chi connectivity index (χ0n) is 10.5. The van der Waals surface area contributed by atoms with Gasteiger partial charge in [0.2, 0.25) is 0 Å². The number of hydrogen-bond acceptors (Lipinski definition) is 6. The van der Waals surface area contributed by atoms with Crippen LogP contribution in [0.25, 0.3) is 0 Å². The lowest BCUT2D eigenvalue weighted by atomic mass is 10.4. The summed E-state index contributed by atoms with van der Waals surface area (Å²) in [5.74, 6) is 0.353. The molecule has 7 heteroatoms. The number of methoxy groups -OCH3 is 1. The van der Waals surface area contributed by atoms with Crippen LogP contribution in [0.3, 0.4) is 0 Å². The Morgan fingerprint density at radius 2 is 2.17 bits per heavy atom. The molecule has 1 aromatic heterocycles. The van der Waals surface area contributed by atoms with Gasteiger partial charge in [-0.1, -0.05) is 0 Å². The first-order valence-corrected chi connectivity index (χ1v) is 7.39. The summed E-state index contributed by atoms with van der Waals surface area (Å²) in [4.78, 5) is 5.95. The van der Waals surface area contributed by atoms with Gasteiger partial charge in [-0.15, -0.1) is 0 Å². The normalized spacial score (nSPS) is 11.5. The Morgan fingerprint density at radius 1 is 1.44 bits per heavy atom. The zero-order chi connectivity index (χ0) is 13.6. The van der Waals surface area contributed by atoms with Crippen molar-refractivity contribution in [3.63, 3.8) is 0 Å². The van der Waals surface area contributed by atoms with Crippen LogP contribution in [-0.4, -0.2) is 58.2 Å². The molecule has 0 aromatic carbocycles. The average Bonchev–Trinajstić information content (AvgIpc) is 2.33. The van der Waals surface area contributed by atoms with Gasteiger partial charge in [0.1, 0.15) is 10.7 Å². The lowest BCUT2D eigenvalue weighted by Gasteiger charge is -2.24. The number of nitrogens with zero attached hydrogens (tertiary/aromatic N) is 2. The highest BCUT2D eigenvalue weighted by Gasteiger charge is 2.18. The minimum Gasteiger partial charge on any atom is -0.395 e. The van der Waals surface area contributed by atoms with E-state index in [0.717, 1.165) is 6.26 Å². The number of anilines is 1. The molecule has 0 aliphatic carbocycles. The molecule has 0 radical (unpaired) electrons. The van der Waals surface area contributed by atoms with Gasteiger partial charge < -0.3 is 14.7 Å². The van der Waals surface area contributed by atoms with Crippen molar-refractivity contribution in [2.24, 2.45) is 0 Å². The predicted octanol–water partition coefficient (Wildman–Crippen LogP) is -0.0698. The van der Waals surface area contributed by atoms with Crippen molar-refractivity contribution >= 4 is 15.7 Å². The standard InChI is InChI=1S/C11H18N2O4S/c1-17-9-7-13(6-8-14)11-10(18(2,15)16)4-3-5-12-11/h3-5,14H,6-9H2,1-2H3. The topological polar surface area (TPSA) is 79.7 Å². The molecule has 1 N–H and O–H groups in total. The van der Waals surface area contributed by atoms with Gasteiger partial charge in [0, 0.05) is 32.7 Å². The molecule has 0 aliphatic heterocycles. The molecule has 0 saturated heterocycles. The molecule has 0 unspecified atom stereocenters. The summed E-state index contributed by atoms with van der Waals surface area (Å²) in [6.45, 7) is 1.13. The van der Waals surface area contributed by atoms with Crippen LogP contribution in [0.15, 0.2) is 23.2 Å². The van der Waals surface area contributed by atoms with Gasteiger partial charge >= 0.3 is 0 Å². The summed E-state index contributed by atoms with van der Waals surface area (Å²) in [6.07, 6.45) is 2.67. The number of pyridine rings is 1. The van der Waals surface area contributed by atoms with E-state index < -0.39 is 9.84 Å². The van der Waals surface area contributed by atoms with Crippen molar-refractivity contribution < 1.29 is 18.3 Å². The third kappa shape index (κ3) is 3.94. The lowest BCUT2D eigenvalue weighted by Crippen LogP contribution is -2.32. The van der Waals surface area contributed by atoms with Gasteiger partial charge in [0.05, 0.1) is 13.2 Å². The predicted molar refractivity (Wildman–Crippen MR) is 68.5 cm³/mol. The third-order valence-electron chi connectivity index (χ3n) is 2.39. The Bertz CT molecular complexity index is 476. The molecular formula is C11H18N2O4S. The largest absolute Gasteiger partial charge is 0.395 e. The maximum atomic E-state index is 11.7. The molecule has 6 nitrogen and oxygen atoms in total. The number of aliphatic hydroxyl groups excluding tert-OH is 1. The Morgan fingerprint density at radius 3 is 2.72 bits per heavy atom. The van der Waals surface area contributed by atoms with E-state index in [1.807, 2.05) is 0 Å². The quantitative estimate of drug-likeness (QED) is 0.750. The number of hydrogen-bond donors (Lipinski definition) is 1. The van der Waals surface area contributed by atoms with Crippen molar-refractivity contribution in [1.82, 2.24) is 4.98 Å². The van der Waals surface area contributed by atoms with Gasteiger partial charge in [-0.25, -0.2) is 13.4 Å². The lowest BCUT2D eigenvalue weighted by molar-refractivity contribution is 0.202. The highest BCUT2D eigenvalue weighted by molar-refractivity contribution is 7.90.